The molecule has 3 aromatic rings. The second-order valence-corrected chi connectivity index (χ2v) is 6.82. The molecule has 0 aliphatic heterocycles. The van der Waals surface area contributed by atoms with Crippen LogP contribution in [0.2, 0.25) is 0 Å². The lowest BCUT2D eigenvalue weighted by Crippen LogP contribution is -2.35. The van der Waals surface area contributed by atoms with Crippen molar-refractivity contribution in [2.75, 3.05) is 0 Å². The third kappa shape index (κ3) is 5.43. The summed E-state index contributed by atoms with van der Waals surface area (Å²) in [5, 5.41) is 4.69. The van der Waals surface area contributed by atoms with Crippen molar-refractivity contribution in [2.45, 2.75) is 19.6 Å². The Labute approximate surface area is 161 Å². The SMILES string of the molecule is CC(OC(=O)c1ccc(Oc2ccccc2)cc1)C(=O)NCc1cccs1. The summed E-state index contributed by atoms with van der Waals surface area (Å²) in [7, 11) is 0. The van der Waals surface area contributed by atoms with Gasteiger partial charge in [0.25, 0.3) is 5.91 Å². The highest BCUT2D eigenvalue weighted by molar-refractivity contribution is 7.09. The van der Waals surface area contributed by atoms with E-state index in [1.165, 1.54) is 0 Å². The Hall–Kier alpha value is -3.12. The van der Waals surface area contributed by atoms with Gasteiger partial charge in [-0.1, -0.05) is 24.3 Å². The van der Waals surface area contributed by atoms with Gasteiger partial charge in [-0.15, -0.1) is 11.3 Å². The first kappa shape index (κ1) is 18.7. The van der Waals surface area contributed by atoms with Gasteiger partial charge in [0, 0.05) is 4.88 Å². The van der Waals surface area contributed by atoms with Crippen LogP contribution in [0.5, 0.6) is 11.5 Å². The molecular formula is C21H19NO4S. The lowest BCUT2D eigenvalue weighted by Gasteiger charge is -2.13. The fourth-order valence-corrected chi connectivity index (χ4v) is 2.94. The highest BCUT2D eigenvalue weighted by atomic mass is 32.1. The Morgan fingerprint density at radius 3 is 2.33 bits per heavy atom. The Morgan fingerprint density at radius 1 is 0.963 bits per heavy atom. The fourth-order valence-electron chi connectivity index (χ4n) is 2.30. The Balaban J connectivity index is 1.51. The van der Waals surface area contributed by atoms with Gasteiger partial charge in [0.2, 0.25) is 0 Å². The first-order valence-electron chi connectivity index (χ1n) is 8.46. The van der Waals surface area contributed by atoms with Crippen LogP contribution in [0.1, 0.15) is 22.2 Å². The molecule has 1 N–H and O–H groups in total. The van der Waals surface area contributed by atoms with Crippen molar-refractivity contribution in [3.63, 3.8) is 0 Å². The van der Waals surface area contributed by atoms with Gasteiger partial charge < -0.3 is 14.8 Å². The van der Waals surface area contributed by atoms with Gasteiger partial charge in [0.15, 0.2) is 6.10 Å². The van der Waals surface area contributed by atoms with Crippen LogP contribution in [0.15, 0.2) is 72.1 Å². The van der Waals surface area contributed by atoms with Gasteiger partial charge in [-0.3, -0.25) is 4.79 Å². The van der Waals surface area contributed by atoms with Gasteiger partial charge in [0.05, 0.1) is 12.1 Å². The highest BCUT2D eigenvalue weighted by Crippen LogP contribution is 2.21. The maximum atomic E-state index is 12.2. The number of esters is 1. The largest absolute Gasteiger partial charge is 0.457 e. The van der Waals surface area contributed by atoms with Crippen molar-refractivity contribution in [1.82, 2.24) is 5.32 Å². The number of ether oxygens (including phenoxy) is 2. The van der Waals surface area contributed by atoms with E-state index in [-0.39, 0.29) is 5.91 Å². The Bertz CT molecular complexity index is 876. The summed E-state index contributed by atoms with van der Waals surface area (Å²) in [5.41, 5.74) is 0.355. The first-order valence-corrected chi connectivity index (χ1v) is 9.34. The molecule has 1 heterocycles. The van der Waals surface area contributed by atoms with E-state index in [0.717, 1.165) is 4.88 Å². The van der Waals surface area contributed by atoms with Crippen molar-refractivity contribution in [3.05, 3.63) is 82.6 Å². The second-order valence-electron chi connectivity index (χ2n) is 5.78. The lowest BCUT2D eigenvalue weighted by atomic mass is 10.2. The molecule has 27 heavy (non-hydrogen) atoms. The highest BCUT2D eigenvalue weighted by Gasteiger charge is 2.18. The Kier molecular flexibility index (Phi) is 6.22. The Morgan fingerprint density at radius 2 is 1.67 bits per heavy atom. The van der Waals surface area contributed by atoms with Crippen molar-refractivity contribution >= 4 is 23.2 Å². The van der Waals surface area contributed by atoms with Crippen LogP contribution < -0.4 is 10.1 Å². The van der Waals surface area contributed by atoms with E-state index in [0.29, 0.717) is 23.6 Å². The zero-order valence-corrected chi connectivity index (χ0v) is 15.6. The standard InChI is InChI=1S/C21H19NO4S/c1-15(20(23)22-14-19-8-5-13-27-19)25-21(24)16-9-11-18(12-10-16)26-17-6-3-2-4-7-17/h2-13,15H,14H2,1H3,(H,22,23). The topological polar surface area (TPSA) is 64.6 Å². The normalized spacial score (nSPS) is 11.4. The monoisotopic (exact) mass is 381 g/mol. The summed E-state index contributed by atoms with van der Waals surface area (Å²) < 4.78 is 10.9. The quantitative estimate of drug-likeness (QED) is 0.616. The number of benzene rings is 2. The average Bonchev–Trinajstić information content (AvgIpc) is 3.21. The zero-order valence-electron chi connectivity index (χ0n) is 14.8. The maximum absolute atomic E-state index is 12.2. The molecule has 5 nitrogen and oxygen atoms in total. The van der Waals surface area contributed by atoms with Crippen molar-refractivity contribution in [1.29, 1.82) is 0 Å². The molecule has 0 saturated carbocycles. The van der Waals surface area contributed by atoms with Crippen molar-refractivity contribution in [2.24, 2.45) is 0 Å². The van der Waals surface area contributed by atoms with Crippen LogP contribution in [-0.4, -0.2) is 18.0 Å². The number of amides is 1. The number of rotatable bonds is 7. The number of thiophene rings is 1. The molecule has 0 spiro atoms. The summed E-state index contributed by atoms with van der Waals surface area (Å²) in [6.45, 7) is 1.97. The maximum Gasteiger partial charge on any atom is 0.338 e. The third-order valence-corrected chi connectivity index (χ3v) is 4.62. The number of carbonyl (C=O) groups is 2. The van der Waals surface area contributed by atoms with Crippen LogP contribution in [0.4, 0.5) is 0 Å². The first-order chi connectivity index (χ1) is 13.1. The third-order valence-electron chi connectivity index (χ3n) is 3.74. The summed E-state index contributed by atoms with van der Waals surface area (Å²) in [4.78, 5) is 25.3. The minimum absolute atomic E-state index is 0.333. The zero-order chi connectivity index (χ0) is 19.1. The van der Waals surface area contributed by atoms with Gasteiger partial charge in [-0.05, 0) is 54.8 Å². The lowest BCUT2D eigenvalue weighted by molar-refractivity contribution is -0.129. The van der Waals surface area contributed by atoms with Crippen molar-refractivity contribution < 1.29 is 19.1 Å². The molecule has 0 fully saturated rings. The van der Waals surface area contributed by atoms with E-state index in [9.17, 15) is 9.59 Å². The molecule has 2 aromatic carbocycles. The van der Waals surface area contributed by atoms with Crippen LogP contribution >= 0.6 is 11.3 Å². The molecule has 0 saturated heterocycles. The molecule has 1 amide bonds. The van der Waals surface area contributed by atoms with E-state index in [4.69, 9.17) is 9.47 Å². The van der Waals surface area contributed by atoms with E-state index < -0.39 is 12.1 Å². The predicted octanol–water partition coefficient (Wildman–Crippen LogP) is 4.40. The molecule has 1 atom stereocenters. The van der Waals surface area contributed by atoms with Crippen molar-refractivity contribution in [3.8, 4) is 11.5 Å². The number of carbonyl (C=O) groups excluding carboxylic acids is 2. The van der Waals surface area contributed by atoms with Crippen LogP contribution in [0, 0.1) is 0 Å². The fraction of sp³-hybridized carbons (Fsp3) is 0.143. The average molecular weight is 381 g/mol. The molecule has 0 aliphatic carbocycles. The van der Waals surface area contributed by atoms with Gasteiger partial charge in [-0.2, -0.15) is 0 Å². The van der Waals surface area contributed by atoms with E-state index in [1.807, 2.05) is 47.8 Å². The van der Waals surface area contributed by atoms with Crippen LogP contribution in [0.3, 0.4) is 0 Å². The number of nitrogens with one attached hydrogen (secondary N) is 1. The van der Waals surface area contributed by atoms with Crippen LogP contribution in [-0.2, 0) is 16.1 Å². The van der Waals surface area contributed by atoms with Gasteiger partial charge in [-0.25, -0.2) is 4.79 Å². The molecule has 3 rings (SSSR count). The molecule has 138 valence electrons. The van der Waals surface area contributed by atoms with Crippen LogP contribution in [0.25, 0.3) is 0 Å². The molecule has 0 aliphatic rings. The molecule has 6 heteroatoms. The van der Waals surface area contributed by atoms with Gasteiger partial charge >= 0.3 is 5.97 Å². The van der Waals surface area contributed by atoms with Gasteiger partial charge in [0.1, 0.15) is 11.5 Å². The van der Waals surface area contributed by atoms with E-state index in [1.54, 1.807) is 42.5 Å². The summed E-state index contributed by atoms with van der Waals surface area (Å²) >= 11 is 1.55. The molecule has 0 radical (unpaired) electrons. The minimum atomic E-state index is -0.877. The minimum Gasteiger partial charge on any atom is -0.457 e. The van der Waals surface area contributed by atoms with E-state index >= 15 is 0 Å². The molecule has 1 unspecified atom stereocenters. The summed E-state index contributed by atoms with van der Waals surface area (Å²) in [5.74, 6) is 0.434. The predicted molar refractivity (Wildman–Crippen MR) is 104 cm³/mol. The summed E-state index contributed by atoms with van der Waals surface area (Å²) in [6, 6.07) is 19.8. The summed E-state index contributed by atoms with van der Waals surface area (Å²) in [6.07, 6.45) is -0.877. The number of hydrogen-bond acceptors (Lipinski definition) is 5. The second kappa shape index (κ2) is 9.00. The smallest absolute Gasteiger partial charge is 0.338 e. The van der Waals surface area contributed by atoms with E-state index in [2.05, 4.69) is 5.32 Å². The molecule has 1 aromatic heterocycles. The number of para-hydroxylation sites is 1. The number of hydrogen-bond donors (Lipinski definition) is 1. The molecular weight excluding hydrogens is 362 g/mol. The molecule has 0 bridgehead atoms.